The number of likely N-dealkylation sites (N-methyl/N-ethyl adjacent to an activating group) is 1. The van der Waals surface area contributed by atoms with Crippen LogP contribution in [0.1, 0.15) is 58.8 Å². The number of amides is 1. The van der Waals surface area contributed by atoms with E-state index < -0.39 is 11.5 Å². The number of rotatable bonds is 7. The molecule has 116 valence electrons. The number of carboxylic acids is 1. The summed E-state index contributed by atoms with van der Waals surface area (Å²) in [6.45, 7) is 3.76. The Labute approximate surface area is 121 Å². The second kappa shape index (κ2) is 7.62. The fourth-order valence-corrected chi connectivity index (χ4v) is 2.92. The number of carbonyl (C=O) groups is 2. The number of nitrogens with zero attached hydrogens (tertiary/aromatic N) is 1. The van der Waals surface area contributed by atoms with E-state index in [1.807, 2.05) is 20.9 Å². The third kappa shape index (κ3) is 3.95. The summed E-state index contributed by atoms with van der Waals surface area (Å²) < 4.78 is 0. The lowest BCUT2D eigenvalue weighted by atomic mass is 9.92. The average Bonchev–Trinajstić information content (AvgIpc) is 2.48. The van der Waals surface area contributed by atoms with Gasteiger partial charge in [-0.3, -0.25) is 14.9 Å². The van der Waals surface area contributed by atoms with Gasteiger partial charge < -0.3 is 10.0 Å². The zero-order chi connectivity index (χ0) is 15.2. The van der Waals surface area contributed by atoms with Crippen LogP contribution in [0.5, 0.6) is 0 Å². The Morgan fingerprint density at radius 3 is 2.20 bits per heavy atom. The highest BCUT2D eigenvalue weighted by Gasteiger charge is 2.35. The molecule has 0 bridgehead atoms. The molecule has 1 saturated carbocycles. The van der Waals surface area contributed by atoms with Crippen molar-refractivity contribution in [3.05, 3.63) is 0 Å². The predicted molar refractivity (Wildman–Crippen MR) is 78.6 cm³/mol. The molecule has 5 heteroatoms. The summed E-state index contributed by atoms with van der Waals surface area (Å²) in [6, 6.07) is 0.320. The Balaban J connectivity index is 2.54. The van der Waals surface area contributed by atoms with Crippen LogP contribution in [0, 0.1) is 0 Å². The topological polar surface area (TPSA) is 69.6 Å². The molecule has 20 heavy (non-hydrogen) atoms. The number of aliphatic carboxylic acids is 1. The van der Waals surface area contributed by atoms with Gasteiger partial charge in [-0.15, -0.1) is 0 Å². The quantitative estimate of drug-likeness (QED) is 0.750. The number of carbonyl (C=O) groups excluding carboxylic acids is 1. The molecule has 0 aromatic carbocycles. The summed E-state index contributed by atoms with van der Waals surface area (Å²) in [5.74, 6) is -0.889. The van der Waals surface area contributed by atoms with E-state index in [0.717, 1.165) is 12.8 Å². The van der Waals surface area contributed by atoms with Crippen molar-refractivity contribution in [2.24, 2.45) is 0 Å². The Hall–Kier alpha value is -1.10. The van der Waals surface area contributed by atoms with E-state index in [1.54, 1.807) is 4.90 Å². The first-order valence-corrected chi connectivity index (χ1v) is 7.71. The Bertz CT molecular complexity index is 334. The maximum Gasteiger partial charge on any atom is 0.323 e. The predicted octanol–water partition coefficient (Wildman–Crippen LogP) is 2.01. The molecule has 0 atom stereocenters. The molecule has 0 aliphatic heterocycles. The highest BCUT2D eigenvalue weighted by atomic mass is 16.4. The molecular weight excluding hydrogens is 256 g/mol. The van der Waals surface area contributed by atoms with Gasteiger partial charge in [-0.1, -0.05) is 33.1 Å². The van der Waals surface area contributed by atoms with E-state index in [1.165, 1.54) is 19.3 Å². The molecule has 1 aliphatic carbocycles. The molecule has 1 amide bonds. The molecule has 0 radical (unpaired) electrons. The number of hydrogen-bond acceptors (Lipinski definition) is 3. The van der Waals surface area contributed by atoms with Gasteiger partial charge in [0.25, 0.3) is 0 Å². The number of hydrogen-bond donors (Lipinski definition) is 2. The monoisotopic (exact) mass is 284 g/mol. The van der Waals surface area contributed by atoms with Gasteiger partial charge in [0, 0.05) is 13.1 Å². The fourth-order valence-electron chi connectivity index (χ4n) is 2.92. The van der Waals surface area contributed by atoms with Gasteiger partial charge in [-0.05, 0) is 25.7 Å². The van der Waals surface area contributed by atoms with E-state index in [-0.39, 0.29) is 12.5 Å². The van der Waals surface area contributed by atoms with E-state index in [4.69, 9.17) is 0 Å². The first-order chi connectivity index (χ1) is 9.46. The molecule has 0 unspecified atom stereocenters. The molecule has 0 saturated heterocycles. The summed E-state index contributed by atoms with van der Waals surface area (Å²) in [7, 11) is 1.83. The van der Waals surface area contributed by atoms with E-state index in [9.17, 15) is 14.7 Å². The van der Waals surface area contributed by atoms with Crippen LogP contribution in [0.4, 0.5) is 0 Å². The van der Waals surface area contributed by atoms with Crippen LogP contribution in [0.25, 0.3) is 0 Å². The summed E-state index contributed by atoms with van der Waals surface area (Å²) in [4.78, 5) is 25.4. The lowest BCUT2D eigenvalue weighted by Gasteiger charge is -2.33. The first-order valence-electron chi connectivity index (χ1n) is 7.71. The molecule has 0 spiro atoms. The Morgan fingerprint density at radius 2 is 1.75 bits per heavy atom. The third-order valence-corrected chi connectivity index (χ3v) is 4.71. The van der Waals surface area contributed by atoms with Crippen molar-refractivity contribution < 1.29 is 14.7 Å². The fraction of sp³-hybridized carbons (Fsp3) is 0.867. The molecule has 0 aromatic heterocycles. The van der Waals surface area contributed by atoms with Crippen LogP contribution in [-0.2, 0) is 9.59 Å². The van der Waals surface area contributed by atoms with Crippen molar-refractivity contribution in [1.82, 2.24) is 10.2 Å². The van der Waals surface area contributed by atoms with Crippen LogP contribution in [0.15, 0.2) is 0 Å². The van der Waals surface area contributed by atoms with Gasteiger partial charge in [0.2, 0.25) is 5.91 Å². The number of nitrogens with one attached hydrogen (secondary N) is 1. The lowest BCUT2D eigenvalue weighted by Crippen LogP contribution is -2.55. The van der Waals surface area contributed by atoms with E-state index in [2.05, 4.69) is 5.32 Å². The highest BCUT2D eigenvalue weighted by molar-refractivity contribution is 5.82. The van der Waals surface area contributed by atoms with E-state index >= 15 is 0 Å². The summed E-state index contributed by atoms with van der Waals surface area (Å²) >= 11 is 0. The second-order valence-electron chi connectivity index (χ2n) is 5.74. The Kier molecular flexibility index (Phi) is 6.46. The zero-order valence-corrected chi connectivity index (χ0v) is 12.9. The van der Waals surface area contributed by atoms with Crippen LogP contribution in [0.3, 0.4) is 0 Å². The Morgan fingerprint density at radius 1 is 1.20 bits per heavy atom. The van der Waals surface area contributed by atoms with Crippen molar-refractivity contribution in [3.63, 3.8) is 0 Å². The summed E-state index contributed by atoms with van der Waals surface area (Å²) in [5.41, 5.74) is -0.983. The summed E-state index contributed by atoms with van der Waals surface area (Å²) in [6.07, 6.45) is 6.68. The van der Waals surface area contributed by atoms with Crippen molar-refractivity contribution in [2.45, 2.75) is 70.4 Å². The van der Waals surface area contributed by atoms with Crippen LogP contribution < -0.4 is 5.32 Å². The molecule has 2 N–H and O–H groups in total. The standard InChI is InChI=1S/C15H28N2O3/c1-4-15(5-2,14(19)20)16-11-13(18)17(3)12-9-7-6-8-10-12/h12,16H,4-11H2,1-3H3,(H,19,20). The minimum absolute atomic E-state index is 0.00979. The number of carboxylic acid groups (broad SMARTS) is 1. The maximum atomic E-state index is 12.2. The zero-order valence-electron chi connectivity index (χ0n) is 12.9. The smallest absolute Gasteiger partial charge is 0.323 e. The SMILES string of the molecule is CCC(CC)(NCC(=O)N(C)C1CCCCC1)C(=O)O. The minimum atomic E-state index is -0.983. The summed E-state index contributed by atoms with van der Waals surface area (Å²) in [5, 5.41) is 12.3. The van der Waals surface area contributed by atoms with Crippen LogP contribution >= 0.6 is 0 Å². The molecule has 1 rings (SSSR count). The first kappa shape index (κ1) is 17.0. The molecule has 1 fully saturated rings. The molecule has 0 heterocycles. The van der Waals surface area contributed by atoms with Gasteiger partial charge in [-0.2, -0.15) is 0 Å². The normalized spacial score (nSPS) is 16.9. The van der Waals surface area contributed by atoms with Gasteiger partial charge in [0.05, 0.1) is 6.54 Å². The van der Waals surface area contributed by atoms with Gasteiger partial charge in [0.15, 0.2) is 0 Å². The van der Waals surface area contributed by atoms with Crippen molar-refractivity contribution in [2.75, 3.05) is 13.6 Å². The minimum Gasteiger partial charge on any atom is -0.480 e. The van der Waals surface area contributed by atoms with Crippen molar-refractivity contribution >= 4 is 11.9 Å². The van der Waals surface area contributed by atoms with Gasteiger partial charge in [-0.25, -0.2) is 0 Å². The van der Waals surface area contributed by atoms with Gasteiger partial charge in [0.1, 0.15) is 5.54 Å². The van der Waals surface area contributed by atoms with E-state index in [0.29, 0.717) is 18.9 Å². The van der Waals surface area contributed by atoms with Crippen LogP contribution in [0.2, 0.25) is 0 Å². The lowest BCUT2D eigenvalue weighted by molar-refractivity contribution is -0.145. The average molecular weight is 284 g/mol. The molecule has 1 aliphatic rings. The van der Waals surface area contributed by atoms with Crippen LogP contribution in [-0.4, -0.2) is 47.1 Å². The second-order valence-corrected chi connectivity index (χ2v) is 5.74. The maximum absolute atomic E-state index is 12.2. The van der Waals surface area contributed by atoms with Crippen molar-refractivity contribution in [3.8, 4) is 0 Å². The largest absolute Gasteiger partial charge is 0.480 e. The highest BCUT2D eigenvalue weighted by Crippen LogP contribution is 2.22. The molecule has 5 nitrogen and oxygen atoms in total. The third-order valence-electron chi connectivity index (χ3n) is 4.71. The molecule has 0 aromatic rings. The molecular formula is C15H28N2O3. The van der Waals surface area contributed by atoms with Crippen molar-refractivity contribution in [1.29, 1.82) is 0 Å². The van der Waals surface area contributed by atoms with Gasteiger partial charge >= 0.3 is 5.97 Å².